The lowest BCUT2D eigenvalue weighted by Gasteiger charge is -2.68. The molecule has 0 aromatic heterocycles. The summed E-state index contributed by atoms with van der Waals surface area (Å²) in [6.45, 7) is 10.5. The zero-order valence-corrected chi connectivity index (χ0v) is 35.8. The van der Waals surface area contributed by atoms with E-state index in [2.05, 4.69) is 0 Å². The van der Waals surface area contributed by atoms with Crippen LogP contribution in [0.25, 0.3) is 0 Å². The molecule has 11 atom stereocenters. The highest BCUT2D eigenvalue weighted by Gasteiger charge is 2.77. The molecule has 0 spiro atoms. The van der Waals surface area contributed by atoms with E-state index in [1.165, 1.54) is 31.2 Å². The summed E-state index contributed by atoms with van der Waals surface area (Å²) in [6.07, 6.45) is -7.42. The van der Waals surface area contributed by atoms with E-state index in [4.69, 9.17) is 34.2 Å². The van der Waals surface area contributed by atoms with Crippen molar-refractivity contribution in [3.05, 3.63) is 119 Å². The van der Waals surface area contributed by atoms with Gasteiger partial charge in [0.15, 0.2) is 17.5 Å². The minimum Gasteiger partial charge on any atom is -0.455 e. The molecule has 3 N–H and O–H groups in total. The van der Waals surface area contributed by atoms with Gasteiger partial charge in [0, 0.05) is 31.1 Å². The number of carbonyl (C=O) groups is 6. The molecule has 1 saturated heterocycles. The molecule has 62 heavy (non-hydrogen) atoms. The van der Waals surface area contributed by atoms with Crippen molar-refractivity contribution in [3.63, 3.8) is 0 Å². The fourth-order valence-corrected chi connectivity index (χ4v) is 10.4. The van der Waals surface area contributed by atoms with Gasteiger partial charge < -0.3 is 39.3 Å². The van der Waals surface area contributed by atoms with Crippen LogP contribution < -0.4 is 5.73 Å². The Morgan fingerprint density at radius 3 is 1.90 bits per heavy atom. The van der Waals surface area contributed by atoms with E-state index >= 15 is 4.79 Å². The van der Waals surface area contributed by atoms with Gasteiger partial charge in [0.05, 0.1) is 29.7 Å². The molecule has 3 fully saturated rings. The molecule has 2 bridgehead atoms. The van der Waals surface area contributed by atoms with Gasteiger partial charge in [-0.1, -0.05) is 94.4 Å². The summed E-state index contributed by atoms with van der Waals surface area (Å²) in [7, 11) is 0. The van der Waals surface area contributed by atoms with Gasteiger partial charge in [-0.05, 0) is 60.2 Å². The predicted molar refractivity (Wildman–Crippen MR) is 221 cm³/mol. The third kappa shape index (κ3) is 7.31. The van der Waals surface area contributed by atoms with E-state index in [0.717, 1.165) is 6.92 Å². The highest BCUT2D eigenvalue weighted by molar-refractivity contribution is 5.95. The maximum Gasteiger partial charge on any atom is 0.350 e. The second-order valence-electron chi connectivity index (χ2n) is 17.7. The van der Waals surface area contributed by atoms with Crippen LogP contribution in [-0.4, -0.2) is 89.1 Å². The zero-order valence-electron chi connectivity index (χ0n) is 35.8. The number of nitrogens with two attached hydrogens (primary N) is 1. The van der Waals surface area contributed by atoms with Crippen LogP contribution in [0.2, 0.25) is 0 Å². The van der Waals surface area contributed by atoms with E-state index in [1.54, 1.807) is 94.4 Å². The molecule has 4 aliphatic rings. The van der Waals surface area contributed by atoms with E-state index in [-0.39, 0.29) is 35.3 Å². The second-order valence-corrected chi connectivity index (χ2v) is 17.7. The quantitative estimate of drug-likeness (QED) is 0.149. The smallest absolute Gasteiger partial charge is 0.350 e. The lowest BCUT2D eigenvalue weighted by Crippen LogP contribution is -2.80. The number of ketones is 1. The van der Waals surface area contributed by atoms with Gasteiger partial charge in [-0.25, -0.2) is 14.4 Å². The summed E-state index contributed by atoms with van der Waals surface area (Å²) < 4.78 is 36.8. The SMILES string of the molecule is CC(=O)O[C@H]1C(=O)[C@@]2(C)[C@H]([C@H](OC(=O)c3ccccc3)[C@]3(O)CC(OC(=O)C(OC(=O)c4ccccc4)[C@@H](N)c4ccccc4)C(C)=C1C3(C)C)[C@]1(OC(C)=O)CO[C@@H]1C[C@@H]2C. The Morgan fingerprint density at radius 2 is 1.37 bits per heavy atom. The molecule has 7 rings (SSSR count). The lowest BCUT2D eigenvalue weighted by atomic mass is 9.43. The molecule has 14 heteroatoms. The maximum absolute atomic E-state index is 15.7. The van der Waals surface area contributed by atoms with Gasteiger partial charge in [0.25, 0.3) is 0 Å². The van der Waals surface area contributed by atoms with Gasteiger partial charge in [0.1, 0.15) is 23.9 Å². The molecular weight excluding hydrogens is 799 g/mol. The Balaban J connectivity index is 1.42. The Morgan fingerprint density at radius 1 is 0.806 bits per heavy atom. The Kier molecular flexibility index (Phi) is 11.8. The number of Topliss-reactive ketones (excluding diaryl/α,β-unsaturated/α-hetero) is 1. The van der Waals surface area contributed by atoms with Crippen molar-refractivity contribution in [1.82, 2.24) is 0 Å². The van der Waals surface area contributed by atoms with Crippen molar-refractivity contribution in [1.29, 1.82) is 0 Å². The van der Waals surface area contributed by atoms with Crippen molar-refractivity contribution in [2.75, 3.05) is 6.61 Å². The third-order valence-electron chi connectivity index (χ3n) is 13.9. The first-order valence-corrected chi connectivity index (χ1v) is 20.8. The van der Waals surface area contributed by atoms with Crippen molar-refractivity contribution >= 4 is 35.6 Å². The number of rotatable bonds is 10. The van der Waals surface area contributed by atoms with E-state index < -0.39 is 112 Å². The van der Waals surface area contributed by atoms with Crippen molar-refractivity contribution in [3.8, 4) is 0 Å². The Hall–Kier alpha value is -5.70. The minimum absolute atomic E-state index is 0.121. The van der Waals surface area contributed by atoms with Gasteiger partial charge in [0.2, 0.25) is 6.10 Å². The topological polar surface area (TPSA) is 204 Å². The summed E-state index contributed by atoms with van der Waals surface area (Å²) in [5.41, 5.74) is 0.742. The lowest BCUT2D eigenvalue weighted by molar-refractivity contribution is -0.340. The number of ether oxygens (including phenoxy) is 6. The Bertz CT molecular complexity index is 2280. The molecule has 14 nitrogen and oxygen atoms in total. The summed E-state index contributed by atoms with van der Waals surface area (Å²) in [6, 6.07) is 23.4. The first-order valence-electron chi connectivity index (χ1n) is 20.8. The summed E-state index contributed by atoms with van der Waals surface area (Å²) in [5.74, 6) is -6.74. The second kappa shape index (κ2) is 16.5. The fraction of sp³-hybridized carbons (Fsp3) is 0.458. The number of hydrogen-bond acceptors (Lipinski definition) is 14. The average molecular weight is 852 g/mol. The molecule has 3 aromatic carbocycles. The van der Waals surface area contributed by atoms with Crippen LogP contribution >= 0.6 is 0 Å². The molecule has 3 aromatic rings. The van der Waals surface area contributed by atoms with Gasteiger partial charge in [-0.2, -0.15) is 0 Å². The maximum atomic E-state index is 15.7. The minimum atomic E-state index is -2.27. The normalized spacial score (nSPS) is 31.9. The fourth-order valence-electron chi connectivity index (χ4n) is 10.4. The molecule has 0 amide bonds. The van der Waals surface area contributed by atoms with Crippen LogP contribution in [0.1, 0.15) is 93.6 Å². The molecule has 2 saturated carbocycles. The van der Waals surface area contributed by atoms with Crippen LogP contribution in [0.4, 0.5) is 0 Å². The summed E-state index contributed by atoms with van der Waals surface area (Å²) in [4.78, 5) is 84.4. The molecule has 2 unspecified atom stereocenters. The number of aliphatic hydroxyl groups is 1. The third-order valence-corrected chi connectivity index (χ3v) is 13.9. The average Bonchev–Trinajstić information content (AvgIpc) is 3.24. The zero-order chi connectivity index (χ0) is 44.9. The van der Waals surface area contributed by atoms with Gasteiger partial charge in [-0.15, -0.1) is 0 Å². The first-order chi connectivity index (χ1) is 29.3. The van der Waals surface area contributed by atoms with Crippen molar-refractivity contribution in [2.45, 2.75) is 109 Å². The largest absolute Gasteiger partial charge is 0.455 e. The molecule has 0 radical (unpaired) electrons. The van der Waals surface area contributed by atoms with Gasteiger partial charge in [-0.3, -0.25) is 14.4 Å². The van der Waals surface area contributed by atoms with Gasteiger partial charge >= 0.3 is 29.8 Å². The van der Waals surface area contributed by atoms with Crippen LogP contribution in [-0.2, 0) is 47.6 Å². The summed E-state index contributed by atoms with van der Waals surface area (Å²) in [5, 5.41) is 13.8. The molecular formula is C48H53NO13. The van der Waals surface area contributed by atoms with Crippen LogP contribution in [0.15, 0.2) is 102 Å². The van der Waals surface area contributed by atoms with Crippen LogP contribution in [0.3, 0.4) is 0 Å². The number of carbonyl (C=O) groups excluding carboxylic acids is 6. The van der Waals surface area contributed by atoms with Crippen LogP contribution in [0.5, 0.6) is 0 Å². The number of esters is 5. The standard InChI is InChI=1S/C48H53NO13/c1-26-23-34-47(25-57-34,62-29(4)51)39-41(61-43(54)32-21-15-10-16-22-32)48(56)24-33(27(2)35(45(48,5)6)37(58-28(3)50)40(52)46(26,39)7)59-44(55)38(36(49)30-17-11-8-12-18-30)60-42(53)31-19-13-9-14-20-31/h8-22,26,33-34,36-39,41,56H,23-25,49H2,1-7H3/t26-,33?,34+,36-,37+,38?,39-,41-,46+,47-,48+/m0/s1. The van der Waals surface area contributed by atoms with Crippen molar-refractivity contribution < 1.29 is 62.3 Å². The van der Waals surface area contributed by atoms with E-state index in [9.17, 15) is 29.1 Å². The van der Waals surface area contributed by atoms with E-state index in [0.29, 0.717) is 5.56 Å². The highest BCUT2D eigenvalue weighted by atomic mass is 16.6. The van der Waals surface area contributed by atoms with Crippen molar-refractivity contribution in [2.24, 2.45) is 28.4 Å². The van der Waals surface area contributed by atoms with E-state index in [1.807, 2.05) is 6.92 Å². The molecule has 1 heterocycles. The number of fused-ring (bicyclic) bond motifs is 5. The monoisotopic (exact) mass is 851 g/mol. The highest BCUT2D eigenvalue weighted by Crippen LogP contribution is 2.65. The molecule has 1 aliphatic heterocycles. The first kappa shape index (κ1) is 44.4. The molecule has 3 aliphatic carbocycles. The number of benzene rings is 3. The predicted octanol–water partition coefficient (Wildman–Crippen LogP) is 5.40. The van der Waals surface area contributed by atoms with Crippen LogP contribution in [0, 0.1) is 22.7 Å². The molecule has 328 valence electrons. The summed E-state index contributed by atoms with van der Waals surface area (Å²) >= 11 is 0. The Labute approximate surface area is 360 Å². The number of hydrogen-bond donors (Lipinski definition) is 2.